The first kappa shape index (κ1) is 13.7. The molecule has 0 aliphatic rings. The molecule has 0 bridgehead atoms. The molecule has 0 heterocycles. The molecule has 0 saturated carbocycles. The van der Waals surface area contributed by atoms with Gasteiger partial charge in [0.05, 0.1) is 0 Å². The first-order valence-corrected chi connectivity index (χ1v) is 3.64. The molecule has 5 heteroatoms. The van der Waals surface area contributed by atoms with E-state index in [1.807, 2.05) is 36.4 Å². The van der Waals surface area contributed by atoms with E-state index < -0.39 is 8.25 Å². The van der Waals surface area contributed by atoms with Crippen LogP contribution in [0.15, 0.2) is 36.4 Å². The van der Waals surface area contributed by atoms with Gasteiger partial charge in [0.25, 0.3) is 8.25 Å². The Labute approximate surface area is 85.2 Å². The van der Waals surface area contributed by atoms with Crippen LogP contribution in [0.1, 0.15) is 0 Å². The van der Waals surface area contributed by atoms with Gasteiger partial charge in [-0.1, -0.05) is 41.0 Å². The monoisotopic (exact) mass is 247 g/mol. The Hall–Kier alpha value is 0.123. The van der Waals surface area contributed by atoms with E-state index in [0.29, 0.717) is 0 Å². The summed E-state index contributed by atoms with van der Waals surface area (Å²) in [6, 6.07) is 12.0. The minimum absolute atomic E-state index is 0. The summed E-state index contributed by atoms with van der Waals surface area (Å²) in [7, 11) is -3.37. The van der Waals surface area contributed by atoms with Gasteiger partial charge in [0.15, 0.2) is 0 Å². The van der Waals surface area contributed by atoms with Crippen LogP contribution in [0, 0.1) is 0 Å². The van der Waals surface area contributed by atoms with Crippen LogP contribution in [-0.2, 0) is 30.8 Å². The van der Waals surface area contributed by atoms with Gasteiger partial charge < -0.3 is 9.79 Å². The second kappa shape index (κ2) is 10.1. The number of hydrogen-bond donors (Lipinski definition) is 0. The van der Waals surface area contributed by atoms with E-state index in [-0.39, 0.29) is 26.2 Å². The van der Waals surface area contributed by atoms with E-state index in [9.17, 15) is 0 Å². The predicted molar refractivity (Wildman–Crippen MR) is 34.0 cm³/mol. The quantitative estimate of drug-likeness (QED) is 0.609. The fourth-order valence-corrected chi connectivity index (χ4v) is 0.385. The number of rotatable bonds is 0. The van der Waals surface area contributed by atoms with Gasteiger partial charge in [0.1, 0.15) is 0 Å². The molecule has 0 aliphatic heterocycles. The molecule has 0 radical (unpaired) electrons. The van der Waals surface area contributed by atoms with Crippen LogP contribution in [0.5, 0.6) is 0 Å². The van der Waals surface area contributed by atoms with Crippen molar-refractivity contribution in [3.63, 3.8) is 0 Å². The minimum Gasteiger partial charge on any atom is -0.598 e. The van der Waals surface area contributed by atoms with Crippen molar-refractivity contribution in [3.8, 4) is 0 Å². The molecule has 0 aromatic heterocycles. The van der Waals surface area contributed by atoms with E-state index in [2.05, 4.69) is 0 Å². The maximum absolute atomic E-state index is 8.48. The van der Waals surface area contributed by atoms with Gasteiger partial charge in [-0.2, -0.15) is 0 Å². The van der Waals surface area contributed by atoms with Crippen LogP contribution in [0.25, 0.3) is 0 Å². The zero-order chi connectivity index (χ0) is 7.82. The van der Waals surface area contributed by atoms with Crippen molar-refractivity contribution >= 4 is 8.25 Å². The molecule has 0 spiro atoms. The molecule has 0 saturated heterocycles. The Morgan fingerprint density at radius 3 is 1.00 bits per heavy atom. The summed E-state index contributed by atoms with van der Waals surface area (Å²) in [5.41, 5.74) is 0. The fourth-order valence-electron chi connectivity index (χ4n) is 0.385. The van der Waals surface area contributed by atoms with Crippen LogP contribution in [0.3, 0.4) is 0 Å². The Bertz CT molecular complexity index is 150. The Morgan fingerprint density at radius 1 is 0.818 bits per heavy atom. The van der Waals surface area contributed by atoms with E-state index >= 15 is 0 Å². The van der Waals surface area contributed by atoms with Crippen molar-refractivity contribution < 1.29 is 40.6 Å². The van der Waals surface area contributed by atoms with Crippen LogP contribution in [-0.4, -0.2) is 0 Å². The third kappa shape index (κ3) is 17.8. The molecule has 1 rings (SSSR count). The summed E-state index contributed by atoms with van der Waals surface area (Å²) in [6.07, 6.45) is 0. The van der Waals surface area contributed by atoms with E-state index in [1.54, 1.807) is 0 Å². The molecule has 0 amide bonds. The second-order valence-electron chi connectivity index (χ2n) is 1.38. The van der Waals surface area contributed by atoms with Crippen LogP contribution in [0.4, 0.5) is 0 Å². The standard InChI is InChI=1S/C6H6.HO3P.Zr/c1-2-4-6-5-3-1;1-4(2)3;/h1-6H;(H,1,2,3);/q;;+2/p-1. The van der Waals surface area contributed by atoms with Gasteiger partial charge >= 0.3 is 26.2 Å². The molecular weight excluding hydrogens is 242 g/mol. The van der Waals surface area contributed by atoms with Crippen molar-refractivity contribution in [2.75, 3.05) is 0 Å². The third-order valence-corrected chi connectivity index (χ3v) is 0.667. The molecule has 0 atom stereocenters. The van der Waals surface area contributed by atoms with E-state index in [4.69, 9.17) is 14.4 Å². The van der Waals surface area contributed by atoms with Crippen molar-refractivity contribution in [3.05, 3.63) is 36.4 Å². The Kier molecular flexibility index (Phi) is 12.6. The van der Waals surface area contributed by atoms with Gasteiger partial charge in [-0.25, -0.2) is 0 Å². The molecule has 1 aromatic carbocycles. The topological polar surface area (TPSA) is 63.2 Å². The van der Waals surface area contributed by atoms with Crippen molar-refractivity contribution in [1.29, 1.82) is 0 Å². The largest absolute Gasteiger partial charge is 2.00 e. The van der Waals surface area contributed by atoms with Gasteiger partial charge in [0.2, 0.25) is 0 Å². The number of hydrogen-bond acceptors (Lipinski definition) is 3. The van der Waals surface area contributed by atoms with Crippen LogP contribution in [0.2, 0.25) is 0 Å². The molecular formula is C6H6O3PZr+. The molecule has 0 aliphatic carbocycles. The van der Waals surface area contributed by atoms with Gasteiger partial charge in [0, 0.05) is 0 Å². The van der Waals surface area contributed by atoms with Crippen LogP contribution >= 0.6 is 8.25 Å². The van der Waals surface area contributed by atoms with Gasteiger partial charge in [-0.05, 0) is 0 Å². The first-order chi connectivity index (χ1) is 4.73. The SMILES string of the molecule is O=[P+]([O-])[O-].[Zr+2].c1ccccc1. The zero-order valence-electron chi connectivity index (χ0n) is 5.64. The smallest absolute Gasteiger partial charge is 0.598 e. The summed E-state index contributed by atoms with van der Waals surface area (Å²) in [4.78, 5) is 17.0. The molecule has 56 valence electrons. The molecule has 11 heavy (non-hydrogen) atoms. The molecule has 0 fully saturated rings. The Morgan fingerprint density at radius 2 is 0.909 bits per heavy atom. The summed E-state index contributed by atoms with van der Waals surface area (Å²) >= 11 is 0. The van der Waals surface area contributed by atoms with Crippen LogP contribution < -0.4 is 9.79 Å². The third-order valence-electron chi connectivity index (χ3n) is 0.667. The summed E-state index contributed by atoms with van der Waals surface area (Å²) in [5.74, 6) is 0. The minimum atomic E-state index is -3.37. The molecule has 0 unspecified atom stereocenters. The first-order valence-electron chi connectivity index (χ1n) is 2.55. The van der Waals surface area contributed by atoms with Crippen molar-refractivity contribution in [2.45, 2.75) is 0 Å². The fraction of sp³-hybridized carbons (Fsp3) is 0. The summed E-state index contributed by atoms with van der Waals surface area (Å²) in [6.45, 7) is 0. The summed E-state index contributed by atoms with van der Waals surface area (Å²) in [5, 5.41) is 0. The molecule has 0 N–H and O–H groups in total. The molecule has 3 nitrogen and oxygen atoms in total. The van der Waals surface area contributed by atoms with Crippen molar-refractivity contribution in [1.82, 2.24) is 0 Å². The van der Waals surface area contributed by atoms with E-state index in [1.165, 1.54) is 0 Å². The van der Waals surface area contributed by atoms with Gasteiger partial charge in [-0.15, -0.1) is 0 Å². The predicted octanol–water partition coefficient (Wildman–Crippen LogP) is 0.0485. The molecule has 1 aromatic rings. The maximum atomic E-state index is 8.48. The van der Waals surface area contributed by atoms with Crippen molar-refractivity contribution in [2.24, 2.45) is 0 Å². The maximum Gasteiger partial charge on any atom is 2.00 e. The second-order valence-corrected chi connectivity index (χ2v) is 1.83. The average Bonchev–Trinajstić information content (AvgIpc) is 1.90. The Balaban J connectivity index is 0. The normalized spacial score (nSPS) is 6.73. The average molecular weight is 248 g/mol. The zero-order valence-corrected chi connectivity index (χ0v) is 8.99. The van der Waals surface area contributed by atoms with E-state index in [0.717, 1.165) is 0 Å². The summed E-state index contributed by atoms with van der Waals surface area (Å²) < 4.78 is 8.48. The number of benzene rings is 1. The van der Waals surface area contributed by atoms with Gasteiger partial charge in [-0.3, -0.25) is 0 Å².